The summed E-state index contributed by atoms with van der Waals surface area (Å²) in [6.45, 7) is 4.69. The first kappa shape index (κ1) is 11.1. The molecule has 6 heteroatoms. The molecule has 16 heavy (non-hydrogen) atoms. The topological polar surface area (TPSA) is 69.5 Å². The fourth-order valence-electron chi connectivity index (χ4n) is 1.65. The number of hydrogen-bond acceptors (Lipinski definition) is 5. The van der Waals surface area contributed by atoms with E-state index in [1.807, 2.05) is 13.1 Å². The molecular weight excluding hydrogens is 210 g/mol. The highest BCUT2D eigenvalue weighted by atomic mass is 16.7. The summed E-state index contributed by atoms with van der Waals surface area (Å²) in [5, 5.41) is 7.98. The number of rotatable bonds is 4. The van der Waals surface area contributed by atoms with Crippen molar-refractivity contribution in [3.63, 3.8) is 0 Å². The van der Waals surface area contributed by atoms with Gasteiger partial charge in [0.15, 0.2) is 6.10 Å². The van der Waals surface area contributed by atoms with Crippen molar-refractivity contribution in [1.82, 2.24) is 15.0 Å². The van der Waals surface area contributed by atoms with Gasteiger partial charge in [-0.05, 0) is 13.3 Å². The Hall–Kier alpha value is -1.43. The maximum atomic E-state index is 11.3. The van der Waals surface area contributed by atoms with Gasteiger partial charge >= 0.3 is 5.97 Å². The maximum absolute atomic E-state index is 11.3. The molecule has 0 radical (unpaired) electrons. The Balaban J connectivity index is 2.10. The number of epoxide rings is 1. The van der Waals surface area contributed by atoms with Crippen molar-refractivity contribution in [3.05, 3.63) is 11.9 Å². The van der Waals surface area contributed by atoms with Crippen LogP contribution >= 0.6 is 0 Å². The fourth-order valence-corrected chi connectivity index (χ4v) is 1.65. The van der Waals surface area contributed by atoms with Crippen molar-refractivity contribution in [1.29, 1.82) is 0 Å². The number of carbonyl (C=O) groups excluding carboxylic acids is 1. The van der Waals surface area contributed by atoms with Crippen LogP contribution in [0.15, 0.2) is 6.20 Å². The van der Waals surface area contributed by atoms with Gasteiger partial charge in [-0.1, -0.05) is 12.1 Å². The quantitative estimate of drug-likeness (QED) is 0.550. The van der Waals surface area contributed by atoms with Crippen LogP contribution in [0.25, 0.3) is 0 Å². The molecule has 0 saturated carbocycles. The zero-order valence-corrected chi connectivity index (χ0v) is 9.64. The van der Waals surface area contributed by atoms with Crippen molar-refractivity contribution in [2.45, 2.75) is 38.5 Å². The predicted octanol–water partition coefficient (Wildman–Crippen LogP) is 0.475. The van der Waals surface area contributed by atoms with Crippen LogP contribution in [0.4, 0.5) is 0 Å². The summed E-state index contributed by atoms with van der Waals surface area (Å²) in [6.07, 6.45) is 2.25. The lowest BCUT2D eigenvalue weighted by atomic mass is 10.1. The molecule has 2 atom stereocenters. The molecule has 0 N–H and O–H groups in total. The average Bonchev–Trinajstić information content (AvgIpc) is 2.75. The van der Waals surface area contributed by atoms with Crippen molar-refractivity contribution in [2.75, 3.05) is 7.11 Å². The van der Waals surface area contributed by atoms with Crippen LogP contribution in [-0.2, 0) is 26.4 Å². The summed E-state index contributed by atoms with van der Waals surface area (Å²) in [5.74, 6) is -0.368. The fraction of sp³-hybridized carbons (Fsp3) is 0.700. The van der Waals surface area contributed by atoms with Gasteiger partial charge in [0, 0.05) is 6.54 Å². The number of carbonyl (C=O) groups is 1. The summed E-state index contributed by atoms with van der Waals surface area (Å²) >= 11 is 0. The van der Waals surface area contributed by atoms with Crippen molar-refractivity contribution in [2.24, 2.45) is 0 Å². The van der Waals surface area contributed by atoms with E-state index >= 15 is 0 Å². The molecule has 0 amide bonds. The molecule has 6 nitrogen and oxygen atoms in total. The predicted molar refractivity (Wildman–Crippen MR) is 54.6 cm³/mol. The molecule has 1 aromatic heterocycles. The third kappa shape index (κ3) is 1.69. The molecule has 0 aliphatic carbocycles. The molecule has 0 spiro atoms. The number of aromatic nitrogens is 3. The summed E-state index contributed by atoms with van der Waals surface area (Å²) in [7, 11) is 1.35. The molecule has 1 aliphatic heterocycles. The highest BCUT2D eigenvalue weighted by Gasteiger charge is 2.61. The third-order valence-corrected chi connectivity index (χ3v) is 2.72. The van der Waals surface area contributed by atoms with Gasteiger partial charge < -0.3 is 9.47 Å². The van der Waals surface area contributed by atoms with Gasteiger partial charge in [-0.15, -0.1) is 5.10 Å². The largest absolute Gasteiger partial charge is 0.467 e. The Kier molecular flexibility index (Phi) is 2.67. The van der Waals surface area contributed by atoms with Gasteiger partial charge in [0.1, 0.15) is 11.3 Å². The van der Waals surface area contributed by atoms with Crippen LogP contribution in [0.3, 0.4) is 0 Å². The van der Waals surface area contributed by atoms with Gasteiger partial charge in [-0.2, -0.15) is 0 Å². The Bertz CT molecular complexity index is 404. The van der Waals surface area contributed by atoms with E-state index in [2.05, 4.69) is 22.0 Å². The lowest BCUT2D eigenvalue weighted by Gasteiger charge is -1.99. The standard InChI is InChI=1S/C10H15N3O3/c1-4-5-13-6-7(11-12-13)10(2)8(16-10)9(14)15-3/h6,8H,4-5H2,1-3H3. The molecule has 0 bridgehead atoms. The van der Waals surface area contributed by atoms with Crippen LogP contribution in [0, 0.1) is 0 Å². The molecule has 2 unspecified atom stereocenters. The smallest absolute Gasteiger partial charge is 0.338 e. The minimum atomic E-state index is -0.668. The molecule has 1 aromatic rings. The van der Waals surface area contributed by atoms with Crippen molar-refractivity contribution < 1.29 is 14.3 Å². The first-order chi connectivity index (χ1) is 7.61. The number of nitrogens with zero attached hydrogens (tertiary/aromatic N) is 3. The van der Waals surface area contributed by atoms with E-state index in [0.29, 0.717) is 5.69 Å². The Morgan fingerprint density at radius 1 is 1.75 bits per heavy atom. The molecule has 2 heterocycles. The van der Waals surface area contributed by atoms with E-state index in [1.54, 1.807) is 4.68 Å². The molecule has 2 rings (SSSR count). The van der Waals surface area contributed by atoms with E-state index in [0.717, 1.165) is 13.0 Å². The molecule has 88 valence electrons. The number of methoxy groups -OCH3 is 1. The number of esters is 1. The monoisotopic (exact) mass is 225 g/mol. The number of ether oxygens (including phenoxy) is 2. The van der Waals surface area contributed by atoms with Gasteiger partial charge in [0.25, 0.3) is 0 Å². The Morgan fingerprint density at radius 3 is 3.12 bits per heavy atom. The summed E-state index contributed by atoms with van der Waals surface area (Å²) in [4.78, 5) is 11.3. The van der Waals surface area contributed by atoms with Gasteiger partial charge in [0.05, 0.1) is 13.3 Å². The minimum absolute atomic E-state index is 0.368. The number of hydrogen-bond donors (Lipinski definition) is 0. The summed E-state index contributed by atoms with van der Waals surface area (Å²) in [6, 6.07) is 0. The second kappa shape index (κ2) is 3.86. The van der Waals surface area contributed by atoms with Gasteiger partial charge in [-0.3, -0.25) is 4.68 Å². The normalized spacial score (nSPS) is 27.8. The average molecular weight is 225 g/mol. The highest BCUT2D eigenvalue weighted by molar-refractivity contribution is 5.79. The van der Waals surface area contributed by atoms with E-state index in [1.165, 1.54) is 7.11 Å². The first-order valence-electron chi connectivity index (χ1n) is 5.28. The first-order valence-corrected chi connectivity index (χ1v) is 5.28. The molecule has 1 saturated heterocycles. The SMILES string of the molecule is CCCn1cc(C2(C)OC2C(=O)OC)nn1. The highest BCUT2D eigenvalue weighted by Crippen LogP contribution is 2.45. The second-order valence-electron chi connectivity index (χ2n) is 3.99. The summed E-state index contributed by atoms with van der Waals surface area (Å²) < 4.78 is 11.7. The molecule has 1 fully saturated rings. The van der Waals surface area contributed by atoms with Gasteiger partial charge in [0.2, 0.25) is 0 Å². The van der Waals surface area contributed by atoms with Crippen LogP contribution in [0.5, 0.6) is 0 Å². The lowest BCUT2D eigenvalue weighted by molar-refractivity contribution is -0.142. The third-order valence-electron chi connectivity index (χ3n) is 2.72. The van der Waals surface area contributed by atoms with E-state index < -0.39 is 11.7 Å². The van der Waals surface area contributed by atoms with E-state index in [-0.39, 0.29) is 5.97 Å². The zero-order chi connectivity index (χ0) is 11.8. The second-order valence-corrected chi connectivity index (χ2v) is 3.99. The Morgan fingerprint density at radius 2 is 2.50 bits per heavy atom. The van der Waals surface area contributed by atoms with E-state index in [4.69, 9.17) is 4.74 Å². The van der Waals surface area contributed by atoms with Crippen LogP contribution in [0.2, 0.25) is 0 Å². The van der Waals surface area contributed by atoms with Crippen LogP contribution < -0.4 is 0 Å². The Labute approximate surface area is 93.5 Å². The van der Waals surface area contributed by atoms with Crippen LogP contribution in [-0.4, -0.2) is 34.2 Å². The van der Waals surface area contributed by atoms with Crippen molar-refractivity contribution in [3.8, 4) is 0 Å². The molecular formula is C10H15N3O3. The van der Waals surface area contributed by atoms with Gasteiger partial charge in [-0.25, -0.2) is 4.79 Å². The maximum Gasteiger partial charge on any atom is 0.338 e. The summed E-state index contributed by atoms with van der Waals surface area (Å²) in [5.41, 5.74) is 0.00960. The van der Waals surface area contributed by atoms with Crippen LogP contribution in [0.1, 0.15) is 26.0 Å². The minimum Gasteiger partial charge on any atom is -0.467 e. The molecule has 1 aliphatic rings. The van der Waals surface area contributed by atoms with Crippen molar-refractivity contribution >= 4 is 5.97 Å². The zero-order valence-electron chi connectivity index (χ0n) is 9.64. The van der Waals surface area contributed by atoms with E-state index in [9.17, 15) is 4.79 Å². The molecule has 0 aromatic carbocycles. The number of aryl methyl sites for hydroxylation is 1. The lowest BCUT2D eigenvalue weighted by Crippen LogP contribution is -2.17.